The fourth-order valence-corrected chi connectivity index (χ4v) is 3.55. The molecule has 0 aromatic heterocycles. The number of halogens is 2. The van der Waals surface area contributed by atoms with Gasteiger partial charge in [-0.2, -0.15) is 0 Å². The maximum absolute atomic E-state index is 6.24. The van der Waals surface area contributed by atoms with Crippen LogP contribution in [0.15, 0.2) is 84.9 Å². The first-order valence-corrected chi connectivity index (χ1v) is 9.82. The minimum atomic E-state index is 0.405. The molecule has 4 heteroatoms. The predicted octanol–water partition coefficient (Wildman–Crippen LogP) is 7.34. The molecule has 0 atom stereocenters. The summed E-state index contributed by atoms with van der Waals surface area (Å²) in [6.45, 7) is 1.01. The third kappa shape index (κ3) is 4.24. The van der Waals surface area contributed by atoms with Crippen molar-refractivity contribution in [2.45, 2.75) is 13.2 Å². The lowest BCUT2D eigenvalue weighted by molar-refractivity contribution is 0.303. The lowest BCUT2D eigenvalue weighted by Gasteiger charge is -2.15. The lowest BCUT2D eigenvalue weighted by Crippen LogP contribution is -2.04. The average molecular weight is 408 g/mol. The van der Waals surface area contributed by atoms with E-state index in [9.17, 15) is 0 Å². The molecule has 0 spiro atoms. The molecule has 1 N–H and O–H groups in total. The van der Waals surface area contributed by atoms with Crippen LogP contribution >= 0.6 is 23.2 Å². The van der Waals surface area contributed by atoms with E-state index >= 15 is 0 Å². The van der Waals surface area contributed by atoms with Gasteiger partial charge in [0.1, 0.15) is 12.4 Å². The van der Waals surface area contributed by atoms with Crippen molar-refractivity contribution in [2.75, 3.05) is 5.32 Å². The van der Waals surface area contributed by atoms with E-state index in [0.717, 1.165) is 22.6 Å². The highest BCUT2D eigenvalue weighted by Crippen LogP contribution is 2.28. The third-order valence-corrected chi connectivity index (χ3v) is 5.23. The molecule has 0 saturated heterocycles. The van der Waals surface area contributed by atoms with Crippen LogP contribution in [0, 0.1) is 0 Å². The first kappa shape index (κ1) is 18.7. The zero-order chi connectivity index (χ0) is 19.3. The molecule has 140 valence electrons. The summed E-state index contributed by atoms with van der Waals surface area (Å²) in [5.41, 5.74) is 3.02. The van der Waals surface area contributed by atoms with Crippen molar-refractivity contribution in [3.8, 4) is 5.75 Å². The van der Waals surface area contributed by atoms with E-state index in [1.165, 1.54) is 10.8 Å². The number of ether oxygens (including phenoxy) is 1. The molecule has 28 heavy (non-hydrogen) atoms. The second-order valence-corrected chi connectivity index (χ2v) is 7.36. The van der Waals surface area contributed by atoms with Gasteiger partial charge in [-0.3, -0.25) is 0 Å². The van der Waals surface area contributed by atoms with Gasteiger partial charge in [-0.05, 0) is 35.7 Å². The van der Waals surface area contributed by atoms with Gasteiger partial charge in [0.25, 0.3) is 0 Å². The molecule has 0 aliphatic carbocycles. The molecule has 0 heterocycles. The lowest BCUT2D eigenvalue weighted by atomic mass is 10.1. The van der Waals surface area contributed by atoms with E-state index in [2.05, 4.69) is 35.6 Å². The molecule has 0 fully saturated rings. The molecule has 0 unspecified atom stereocenters. The monoisotopic (exact) mass is 407 g/mol. The van der Waals surface area contributed by atoms with Crippen LogP contribution in [-0.2, 0) is 13.2 Å². The Morgan fingerprint density at radius 2 is 1.54 bits per heavy atom. The van der Waals surface area contributed by atoms with E-state index in [-0.39, 0.29) is 0 Å². The molecule has 0 aliphatic heterocycles. The minimum Gasteiger partial charge on any atom is -0.488 e. The SMILES string of the molecule is Clc1ccc(OCc2ccccc2Cl)c(CNc2cccc3ccccc23)c1. The Labute approximate surface area is 174 Å². The minimum absolute atomic E-state index is 0.405. The van der Waals surface area contributed by atoms with Crippen molar-refractivity contribution < 1.29 is 4.74 Å². The van der Waals surface area contributed by atoms with Gasteiger partial charge < -0.3 is 10.1 Å². The van der Waals surface area contributed by atoms with Crippen molar-refractivity contribution in [3.05, 3.63) is 106 Å². The van der Waals surface area contributed by atoms with E-state index in [0.29, 0.717) is 23.2 Å². The summed E-state index contributed by atoms with van der Waals surface area (Å²) in [4.78, 5) is 0. The van der Waals surface area contributed by atoms with Crippen molar-refractivity contribution >= 4 is 39.7 Å². The topological polar surface area (TPSA) is 21.3 Å². The van der Waals surface area contributed by atoms with Crippen LogP contribution < -0.4 is 10.1 Å². The standard InChI is InChI=1S/C24H19Cl2NO/c25-20-12-13-24(28-16-18-7-2-4-10-22(18)26)19(14-20)15-27-23-11-5-8-17-6-1-3-9-21(17)23/h1-14,27H,15-16H2. The van der Waals surface area contributed by atoms with Gasteiger partial charge in [-0.15, -0.1) is 0 Å². The summed E-state index contributed by atoms with van der Waals surface area (Å²) in [6, 6.07) is 27.9. The smallest absolute Gasteiger partial charge is 0.124 e. The predicted molar refractivity (Wildman–Crippen MR) is 119 cm³/mol. The molecule has 2 nitrogen and oxygen atoms in total. The highest BCUT2D eigenvalue weighted by atomic mass is 35.5. The van der Waals surface area contributed by atoms with Gasteiger partial charge in [0.15, 0.2) is 0 Å². The zero-order valence-electron chi connectivity index (χ0n) is 15.2. The normalized spacial score (nSPS) is 10.8. The Balaban J connectivity index is 1.54. The quantitative estimate of drug-likeness (QED) is 0.360. The Bertz CT molecular complexity index is 1110. The van der Waals surface area contributed by atoms with Crippen LogP contribution in [0.2, 0.25) is 10.0 Å². The van der Waals surface area contributed by atoms with Gasteiger partial charge in [-0.25, -0.2) is 0 Å². The number of anilines is 1. The maximum Gasteiger partial charge on any atom is 0.124 e. The van der Waals surface area contributed by atoms with Crippen LogP contribution in [0.25, 0.3) is 10.8 Å². The van der Waals surface area contributed by atoms with Gasteiger partial charge in [0.2, 0.25) is 0 Å². The summed E-state index contributed by atoms with van der Waals surface area (Å²) in [5, 5.41) is 7.29. The number of rotatable bonds is 6. The summed E-state index contributed by atoms with van der Waals surface area (Å²) >= 11 is 12.5. The zero-order valence-corrected chi connectivity index (χ0v) is 16.7. The van der Waals surface area contributed by atoms with Crippen molar-refractivity contribution in [2.24, 2.45) is 0 Å². The van der Waals surface area contributed by atoms with E-state index in [1.54, 1.807) is 0 Å². The Hall–Kier alpha value is -2.68. The summed E-state index contributed by atoms with van der Waals surface area (Å²) < 4.78 is 6.05. The van der Waals surface area contributed by atoms with E-state index < -0.39 is 0 Å². The number of benzene rings is 4. The number of fused-ring (bicyclic) bond motifs is 1. The Kier molecular flexibility index (Phi) is 5.70. The molecule has 4 aromatic carbocycles. The van der Waals surface area contributed by atoms with Crippen LogP contribution in [0.3, 0.4) is 0 Å². The van der Waals surface area contributed by atoms with E-state index in [4.69, 9.17) is 27.9 Å². The van der Waals surface area contributed by atoms with Gasteiger partial charge in [0.05, 0.1) is 0 Å². The van der Waals surface area contributed by atoms with E-state index in [1.807, 2.05) is 54.6 Å². The largest absolute Gasteiger partial charge is 0.488 e. The Morgan fingerprint density at radius 1 is 0.750 bits per heavy atom. The maximum atomic E-state index is 6.24. The summed E-state index contributed by atoms with van der Waals surface area (Å²) in [5.74, 6) is 0.789. The molecule has 0 bridgehead atoms. The average Bonchev–Trinajstić information content (AvgIpc) is 2.72. The first-order valence-electron chi connectivity index (χ1n) is 9.07. The summed E-state index contributed by atoms with van der Waals surface area (Å²) in [6.07, 6.45) is 0. The Morgan fingerprint density at radius 3 is 2.43 bits per heavy atom. The molecule has 0 saturated carbocycles. The highest BCUT2D eigenvalue weighted by Gasteiger charge is 2.08. The fourth-order valence-electron chi connectivity index (χ4n) is 3.17. The molecular weight excluding hydrogens is 389 g/mol. The molecule has 0 amide bonds. The van der Waals surface area contributed by atoms with Crippen molar-refractivity contribution in [1.82, 2.24) is 0 Å². The number of hydrogen-bond acceptors (Lipinski definition) is 2. The first-order chi connectivity index (χ1) is 13.7. The van der Waals surface area contributed by atoms with Crippen molar-refractivity contribution in [1.29, 1.82) is 0 Å². The van der Waals surface area contributed by atoms with Crippen LogP contribution in [0.5, 0.6) is 5.75 Å². The van der Waals surface area contributed by atoms with Crippen LogP contribution in [-0.4, -0.2) is 0 Å². The number of hydrogen-bond donors (Lipinski definition) is 1. The second-order valence-electron chi connectivity index (χ2n) is 6.51. The van der Waals surface area contributed by atoms with Crippen molar-refractivity contribution in [3.63, 3.8) is 0 Å². The van der Waals surface area contributed by atoms with Crippen LogP contribution in [0.1, 0.15) is 11.1 Å². The fraction of sp³-hybridized carbons (Fsp3) is 0.0833. The van der Waals surface area contributed by atoms with Crippen LogP contribution in [0.4, 0.5) is 5.69 Å². The number of nitrogens with one attached hydrogen (secondary N) is 1. The van der Waals surface area contributed by atoms with Gasteiger partial charge in [0, 0.05) is 38.8 Å². The summed E-state index contributed by atoms with van der Waals surface area (Å²) in [7, 11) is 0. The molecule has 4 rings (SSSR count). The van der Waals surface area contributed by atoms with Gasteiger partial charge in [-0.1, -0.05) is 77.8 Å². The molecule has 0 radical (unpaired) electrons. The highest BCUT2D eigenvalue weighted by molar-refractivity contribution is 6.31. The van der Waals surface area contributed by atoms with Gasteiger partial charge >= 0.3 is 0 Å². The molecule has 0 aliphatic rings. The molecular formula is C24H19Cl2NO. The molecule has 4 aromatic rings. The third-order valence-electron chi connectivity index (χ3n) is 4.62. The second kappa shape index (κ2) is 8.55.